The van der Waals surface area contributed by atoms with E-state index in [0.717, 1.165) is 37.2 Å². The van der Waals surface area contributed by atoms with E-state index >= 15 is 0 Å². The topological polar surface area (TPSA) is 117 Å². The van der Waals surface area contributed by atoms with Gasteiger partial charge in [-0.15, -0.1) is 10.2 Å². The first-order valence-corrected chi connectivity index (χ1v) is 9.66. The van der Waals surface area contributed by atoms with Crippen LogP contribution in [-0.2, 0) is 11.2 Å². The highest BCUT2D eigenvalue weighted by molar-refractivity contribution is 5.71. The first kappa shape index (κ1) is 19.4. The lowest BCUT2D eigenvalue weighted by molar-refractivity contribution is -0.143. The van der Waals surface area contributed by atoms with E-state index in [1.165, 1.54) is 0 Å². The molecular formula is C19H28N6O2. The summed E-state index contributed by atoms with van der Waals surface area (Å²) in [6.07, 6.45) is 5.18. The maximum Gasteiger partial charge on any atom is 0.307 e. The number of carboxylic acids is 1. The maximum atomic E-state index is 11.9. The first-order chi connectivity index (χ1) is 13.0. The molecule has 0 radical (unpaired) electrons. The lowest BCUT2D eigenvalue weighted by Gasteiger charge is -2.24. The van der Waals surface area contributed by atoms with Crippen LogP contribution in [0.3, 0.4) is 0 Å². The Morgan fingerprint density at radius 1 is 1.30 bits per heavy atom. The van der Waals surface area contributed by atoms with E-state index in [-0.39, 0.29) is 11.8 Å². The normalized spacial score (nSPS) is 17.7. The molecule has 1 saturated heterocycles. The van der Waals surface area contributed by atoms with Crippen molar-refractivity contribution >= 4 is 5.97 Å². The Hall–Kier alpha value is -2.35. The molecule has 3 N–H and O–H groups in total. The second kappa shape index (κ2) is 9.03. The Bertz CT molecular complexity index is 710. The van der Waals surface area contributed by atoms with Gasteiger partial charge >= 0.3 is 5.97 Å². The van der Waals surface area contributed by atoms with E-state index < -0.39 is 11.9 Å². The number of piperidine rings is 1. The molecule has 146 valence electrons. The largest absolute Gasteiger partial charge is 0.481 e. The Labute approximate surface area is 159 Å². The molecule has 1 unspecified atom stereocenters. The molecule has 2 aromatic rings. The van der Waals surface area contributed by atoms with Crippen molar-refractivity contribution < 1.29 is 9.90 Å². The molecule has 0 saturated carbocycles. The number of hydrogen-bond acceptors (Lipinski definition) is 6. The minimum Gasteiger partial charge on any atom is -0.481 e. The van der Waals surface area contributed by atoms with Gasteiger partial charge in [-0.05, 0) is 56.3 Å². The molecule has 0 aliphatic carbocycles. The molecule has 2 aromatic heterocycles. The van der Waals surface area contributed by atoms with Crippen LogP contribution in [-0.4, -0.2) is 49.8 Å². The predicted octanol–water partition coefficient (Wildman–Crippen LogP) is 2.13. The van der Waals surface area contributed by atoms with Gasteiger partial charge in [0.25, 0.3) is 0 Å². The van der Waals surface area contributed by atoms with Crippen LogP contribution in [0.4, 0.5) is 0 Å². The number of rotatable bonds is 8. The van der Waals surface area contributed by atoms with Crippen LogP contribution < -0.4 is 5.32 Å². The van der Waals surface area contributed by atoms with Crippen LogP contribution in [0.25, 0.3) is 0 Å². The van der Waals surface area contributed by atoms with Crippen molar-refractivity contribution in [3.8, 4) is 0 Å². The van der Waals surface area contributed by atoms with Gasteiger partial charge in [0.15, 0.2) is 5.82 Å². The van der Waals surface area contributed by atoms with Gasteiger partial charge in [-0.2, -0.15) is 5.21 Å². The minimum absolute atomic E-state index is 0.265. The van der Waals surface area contributed by atoms with Crippen molar-refractivity contribution in [1.29, 1.82) is 0 Å². The van der Waals surface area contributed by atoms with E-state index in [9.17, 15) is 9.90 Å². The second-order valence-electron chi connectivity index (χ2n) is 7.77. The van der Waals surface area contributed by atoms with Gasteiger partial charge in [0.1, 0.15) is 0 Å². The first-order valence-electron chi connectivity index (χ1n) is 9.66. The fourth-order valence-electron chi connectivity index (χ4n) is 3.85. The van der Waals surface area contributed by atoms with Crippen molar-refractivity contribution in [2.24, 2.45) is 11.8 Å². The highest BCUT2D eigenvalue weighted by Crippen LogP contribution is 2.31. The molecule has 8 heteroatoms. The SMILES string of the molecule is CC(C)CC(C(=O)O)[C@H](Cc1ccc(C2CCNCC2)nc1)c1nn[nH]n1. The van der Waals surface area contributed by atoms with Crippen LogP contribution in [0.15, 0.2) is 18.3 Å². The summed E-state index contributed by atoms with van der Waals surface area (Å²) in [5.41, 5.74) is 2.12. The zero-order valence-electron chi connectivity index (χ0n) is 15.9. The van der Waals surface area contributed by atoms with Crippen LogP contribution in [0, 0.1) is 11.8 Å². The third kappa shape index (κ3) is 5.09. The Balaban J connectivity index is 1.78. The molecule has 3 heterocycles. The molecule has 0 aromatic carbocycles. The van der Waals surface area contributed by atoms with Gasteiger partial charge in [0, 0.05) is 23.7 Å². The molecule has 1 aliphatic rings. The Morgan fingerprint density at radius 3 is 2.63 bits per heavy atom. The highest BCUT2D eigenvalue weighted by atomic mass is 16.4. The lowest BCUT2D eigenvalue weighted by Crippen LogP contribution is -2.27. The number of nitrogens with one attached hydrogen (secondary N) is 2. The van der Waals surface area contributed by atoms with Gasteiger partial charge in [0.2, 0.25) is 0 Å². The monoisotopic (exact) mass is 372 g/mol. The molecule has 0 amide bonds. The van der Waals surface area contributed by atoms with Crippen LogP contribution in [0.5, 0.6) is 0 Å². The number of tetrazole rings is 1. The van der Waals surface area contributed by atoms with Crippen molar-refractivity contribution in [2.75, 3.05) is 13.1 Å². The number of aromatic nitrogens is 5. The molecule has 0 bridgehead atoms. The molecule has 0 spiro atoms. The number of hydrogen-bond donors (Lipinski definition) is 3. The smallest absolute Gasteiger partial charge is 0.307 e. The summed E-state index contributed by atoms with van der Waals surface area (Å²) in [5, 5.41) is 27.4. The number of nitrogens with zero attached hydrogens (tertiary/aromatic N) is 4. The molecule has 2 atom stereocenters. The second-order valence-corrected chi connectivity index (χ2v) is 7.77. The Kier molecular flexibility index (Phi) is 6.49. The standard InChI is InChI=1S/C19H28N6O2/c1-12(2)9-16(19(26)27)15(18-22-24-25-23-18)10-13-3-4-17(21-11-13)14-5-7-20-8-6-14/h3-4,11-12,14-16,20H,5-10H2,1-2H3,(H,26,27)(H,22,23,24,25)/t15-,16?/m0/s1. The quantitative estimate of drug-likeness (QED) is 0.650. The number of aromatic amines is 1. The zero-order chi connectivity index (χ0) is 19.2. The average molecular weight is 372 g/mol. The average Bonchev–Trinajstić information content (AvgIpc) is 3.20. The summed E-state index contributed by atoms with van der Waals surface area (Å²) < 4.78 is 0. The number of aliphatic carboxylic acids is 1. The third-order valence-electron chi connectivity index (χ3n) is 5.28. The summed E-state index contributed by atoms with van der Waals surface area (Å²) in [5.74, 6) is -0.507. The number of carboxylic acid groups (broad SMARTS) is 1. The highest BCUT2D eigenvalue weighted by Gasteiger charge is 2.33. The summed E-state index contributed by atoms with van der Waals surface area (Å²) in [6, 6.07) is 4.14. The Morgan fingerprint density at radius 2 is 2.07 bits per heavy atom. The van der Waals surface area contributed by atoms with Gasteiger partial charge in [-0.25, -0.2) is 0 Å². The summed E-state index contributed by atoms with van der Waals surface area (Å²) in [7, 11) is 0. The third-order valence-corrected chi connectivity index (χ3v) is 5.28. The van der Waals surface area contributed by atoms with Gasteiger partial charge in [0.05, 0.1) is 5.92 Å². The molecule has 1 fully saturated rings. The van der Waals surface area contributed by atoms with Crippen molar-refractivity contribution in [3.05, 3.63) is 35.4 Å². The van der Waals surface area contributed by atoms with Crippen LogP contribution in [0.2, 0.25) is 0 Å². The molecule has 8 nitrogen and oxygen atoms in total. The molecule has 1 aliphatic heterocycles. The maximum absolute atomic E-state index is 11.9. The van der Waals surface area contributed by atoms with E-state index in [1.54, 1.807) is 0 Å². The van der Waals surface area contributed by atoms with Gasteiger partial charge in [-0.3, -0.25) is 9.78 Å². The van der Waals surface area contributed by atoms with E-state index in [0.29, 0.717) is 24.6 Å². The lowest BCUT2D eigenvalue weighted by atomic mass is 9.81. The fourth-order valence-corrected chi connectivity index (χ4v) is 3.85. The zero-order valence-corrected chi connectivity index (χ0v) is 15.9. The summed E-state index contributed by atoms with van der Waals surface area (Å²) in [4.78, 5) is 16.6. The molecule has 3 rings (SSSR count). The predicted molar refractivity (Wildman–Crippen MR) is 100 cm³/mol. The van der Waals surface area contributed by atoms with Crippen molar-refractivity contribution in [2.45, 2.75) is 51.4 Å². The minimum atomic E-state index is -0.821. The summed E-state index contributed by atoms with van der Waals surface area (Å²) >= 11 is 0. The van der Waals surface area contributed by atoms with Crippen molar-refractivity contribution in [1.82, 2.24) is 30.9 Å². The van der Waals surface area contributed by atoms with Gasteiger partial charge < -0.3 is 10.4 Å². The number of carbonyl (C=O) groups is 1. The molecule has 27 heavy (non-hydrogen) atoms. The van der Waals surface area contributed by atoms with E-state index in [2.05, 4.69) is 43.1 Å². The van der Waals surface area contributed by atoms with Gasteiger partial charge in [-0.1, -0.05) is 25.1 Å². The number of pyridine rings is 1. The fraction of sp³-hybridized carbons (Fsp3) is 0.632. The van der Waals surface area contributed by atoms with E-state index in [4.69, 9.17) is 0 Å². The molecular weight excluding hydrogens is 344 g/mol. The van der Waals surface area contributed by atoms with Crippen LogP contribution in [0.1, 0.15) is 62.0 Å². The number of H-pyrrole nitrogens is 1. The van der Waals surface area contributed by atoms with Crippen LogP contribution >= 0.6 is 0 Å². The van der Waals surface area contributed by atoms with Crippen molar-refractivity contribution in [3.63, 3.8) is 0 Å². The summed E-state index contributed by atoms with van der Waals surface area (Å²) in [6.45, 7) is 6.12. The van der Waals surface area contributed by atoms with E-state index in [1.807, 2.05) is 20.0 Å².